The molecule has 0 aromatic heterocycles. The zero-order valence-electron chi connectivity index (χ0n) is 7.77. The van der Waals surface area contributed by atoms with E-state index in [0.29, 0.717) is 18.9 Å². The number of benzene rings is 1. The topological polar surface area (TPSA) is 72.5 Å². The molecule has 1 aromatic carbocycles. The first-order valence-electron chi connectivity index (χ1n) is 4.36. The van der Waals surface area contributed by atoms with Crippen molar-refractivity contribution < 1.29 is 14.6 Å². The monoisotopic (exact) mass is 195 g/mol. The molecule has 3 N–H and O–H groups in total. The molecule has 0 bridgehead atoms. The molecule has 0 aliphatic heterocycles. The normalized spacial score (nSPS) is 9.79. The highest BCUT2D eigenvalue weighted by molar-refractivity contribution is 5.70. The van der Waals surface area contributed by atoms with Gasteiger partial charge in [0.25, 0.3) is 0 Å². The Balaban J connectivity index is 2.54. The van der Waals surface area contributed by atoms with Crippen molar-refractivity contribution in [3.05, 3.63) is 29.8 Å². The third kappa shape index (κ3) is 3.45. The number of hydrogen-bond acceptors (Lipinski definition) is 3. The van der Waals surface area contributed by atoms with Crippen LogP contribution in [0.1, 0.15) is 5.56 Å². The molecule has 0 radical (unpaired) electrons. The molecule has 0 fully saturated rings. The van der Waals surface area contributed by atoms with Crippen molar-refractivity contribution in [2.45, 2.75) is 6.42 Å². The maximum atomic E-state index is 10.4. The third-order valence-electron chi connectivity index (χ3n) is 1.67. The van der Waals surface area contributed by atoms with Gasteiger partial charge in [0.1, 0.15) is 12.4 Å². The van der Waals surface area contributed by atoms with Crippen LogP contribution in [0.25, 0.3) is 0 Å². The summed E-state index contributed by atoms with van der Waals surface area (Å²) in [5.41, 5.74) is 6.03. The van der Waals surface area contributed by atoms with E-state index in [4.69, 9.17) is 15.6 Å². The molecule has 0 spiro atoms. The fourth-order valence-electron chi connectivity index (χ4n) is 1.05. The molecule has 76 valence electrons. The number of hydrogen-bond donors (Lipinski definition) is 2. The predicted molar refractivity (Wildman–Crippen MR) is 52.3 cm³/mol. The summed E-state index contributed by atoms with van der Waals surface area (Å²) < 4.78 is 5.24. The van der Waals surface area contributed by atoms with Crippen molar-refractivity contribution in [2.75, 3.05) is 13.2 Å². The minimum atomic E-state index is -0.833. The van der Waals surface area contributed by atoms with Crippen LogP contribution in [-0.2, 0) is 11.2 Å². The summed E-state index contributed by atoms with van der Waals surface area (Å²) >= 11 is 0. The van der Waals surface area contributed by atoms with Crippen LogP contribution < -0.4 is 10.5 Å². The zero-order chi connectivity index (χ0) is 10.4. The Morgan fingerprint density at radius 2 is 2.00 bits per heavy atom. The Morgan fingerprint density at radius 3 is 2.50 bits per heavy atom. The second kappa shape index (κ2) is 5.24. The molecule has 0 aliphatic rings. The highest BCUT2D eigenvalue weighted by Gasteiger charge is 2.00. The second-order valence-electron chi connectivity index (χ2n) is 2.85. The van der Waals surface area contributed by atoms with E-state index in [2.05, 4.69) is 0 Å². The molecular weight excluding hydrogens is 182 g/mol. The third-order valence-corrected chi connectivity index (χ3v) is 1.67. The van der Waals surface area contributed by atoms with Crippen LogP contribution in [0.3, 0.4) is 0 Å². The number of aliphatic carboxylic acids is 1. The number of carboxylic acid groups (broad SMARTS) is 1. The van der Waals surface area contributed by atoms with Crippen LogP contribution in [0.15, 0.2) is 24.3 Å². The van der Waals surface area contributed by atoms with Gasteiger partial charge < -0.3 is 15.6 Å². The Morgan fingerprint density at radius 1 is 1.36 bits per heavy atom. The molecule has 1 rings (SSSR count). The fraction of sp³-hybridized carbons (Fsp3) is 0.300. The summed E-state index contributed by atoms with van der Waals surface area (Å²) in [5.74, 6) is -0.120. The van der Waals surface area contributed by atoms with Gasteiger partial charge in [0, 0.05) is 6.54 Å². The predicted octanol–water partition coefficient (Wildman–Crippen LogP) is 0.651. The van der Waals surface area contributed by atoms with Crippen molar-refractivity contribution in [2.24, 2.45) is 5.73 Å². The summed E-state index contributed by atoms with van der Waals surface area (Å²) in [6, 6.07) is 6.96. The van der Waals surface area contributed by atoms with Gasteiger partial charge in [-0.25, -0.2) is 0 Å². The molecular formula is C10H13NO3. The lowest BCUT2D eigenvalue weighted by Gasteiger charge is -2.04. The van der Waals surface area contributed by atoms with Gasteiger partial charge in [-0.1, -0.05) is 12.1 Å². The van der Waals surface area contributed by atoms with Crippen LogP contribution in [-0.4, -0.2) is 24.2 Å². The smallest absolute Gasteiger partial charge is 0.307 e. The minimum Gasteiger partial charge on any atom is -0.492 e. The van der Waals surface area contributed by atoms with Crippen LogP contribution >= 0.6 is 0 Å². The van der Waals surface area contributed by atoms with E-state index in [0.717, 1.165) is 5.56 Å². The number of nitrogens with two attached hydrogens (primary N) is 1. The lowest BCUT2D eigenvalue weighted by atomic mass is 10.1. The summed E-state index contributed by atoms with van der Waals surface area (Å²) in [5, 5.41) is 8.53. The number of rotatable bonds is 5. The van der Waals surface area contributed by atoms with Gasteiger partial charge in [-0.15, -0.1) is 0 Å². The summed E-state index contributed by atoms with van der Waals surface area (Å²) in [4.78, 5) is 10.4. The lowest BCUT2D eigenvalue weighted by Crippen LogP contribution is -2.10. The van der Waals surface area contributed by atoms with Crippen molar-refractivity contribution >= 4 is 5.97 Å². The molecule has 1 aromatic rings. The molecule has 4 nitrogen and oxygen atoms in total. The second-order valence-corrected chi connectivity index (χ2v) is 2.85. The first-order valence-corrected chi connectivity index (χ1v) is 4.36. The van der Waals surface area contributed by atoms with Crippen LogP contribution in [0.5, 0.6) is 5.75 Å². The van der Waals surface area contributed by atoms with Crippen LogP contribution in [0.4, 0.5) is 0 Å². The molecule has 0 amide bonds. The zero-order valence-corrected chi connectivity index (χ0v) is 7.77. The molecule has 4 heteroatoms. The average molecular weight is 195 g/mol. The first-order chi connectivity index (χ1) is 6.72. The maximum absolute atomic E-state index is 10.4. The quantitative estimate of drug-likeness (QED) is 0.723. The molecule has 0 heterocycles. The highest BCUT2D eigenvalue weighted by Crippen LogP contribution is 2.12. The Bertz CT molecular complexity index is 295. The SMILES string of the molecule is NCCOc1ccc(CC(=O)O)cc1. The van der Waals surface area contributed by atoms with Gasteiger partial charge in [0.2, 0.25) is 0 Å². The van der Waals surface area contributed by atoms with Crippen molar-refractivity contribution in [3.8, 4) is 5.75 Å². The first kappa shape index (κ1) is 10.5. The van der Waals surface area contributed by atoms with Gasteiger partial charge in [-0.2, -0.15) is 0 Å². The molecule has 0 saturated carbocycles. The lowest BCUT2D eigenvalue weighted by molar-refractivity contribution is -0.136. The Hall–Kier alpha value is -1.55. The molecule has 0 atom stereocenters. The maximum Gasteiger partial charge on any atom is 0.307 e. The summed E-state index contributed by atoms with van der Waals surface area (Å²) in [7, 11) is 0. The molecule has 14 heavy (non-hydrogen) atoms. The van der Waals surface area contributed by atoms with Crippen molar-refractivity contribution in [1.82, 2.24) is 0 Å². The molecule has 0 unspecified atom stereocenters. The summed E-state index contributed by atoms with van der Waals surface area (Å²) in [6.45, 7) is 0.940. The van der Waals surface area contributed by atoms with E-state index >= 15 is 0 Å². The van der Waals surface area contributed by atoms with E-state index in [1.165, 1.54) is 0 Å². The number of carbonyl (C=O) groups is 1. The van der Waals surface area contributed by atoms with Gasteiger partial charge >= 0.3 is 5.97 Å². The van der Waals surface area contributed by atoms with Gasteiger partial charge in [-0.05, 0) is 17.7 Å². The number of carboxylic acids is 1. The van der Waals surface area contributed by atoms with E-state index < -0.39 is 5.97 Å². The van der Waals surface area contributed by atoms with Crippen LogP contribution in [0.2, 0.25) is 0 Å². The van der Waals surface area contributed by atoms with Crippen LogP contribution in [0, 0.1) is 0 Å². The molecule has 0 aliphatic carbocycles. The Kier molecular flexibility index (Phi) is 3.94. The van der Waals surface area contributed by atoms with E-state index in [1.807, 2.05) is 0 Å². The van der Waals surface area contributed by atoms with Gasteiger partial charge in [0.05, 0.1) is 6.42 Å². The largest absolute Gasteiger partial charge is 0.492 e. The summed E-state index contributed by atoms with van der Waals surface area (Å²) in [6.07, 6.45) is 0.0389. The van der Waals surface area contributed by atoms with Gasteiger partial charge in [-0.3, -0.25) is 4.79 Å². The highest BCUT2D eigenvalue weighted by atomic mass is 16.5. The van der Waals surface area contributed by atoms with E-state index in [1.54, 1.807) is 24.3 Å². The Labute approximate surface area is 82.3 Å². The van der Waals surface area contributed by atoms with Crippen molar-refractivity contribution in [1.29, 1.82) is 0 Å². The number of ether oxygens (including phenoxy) is 1. The van der Waals surface area contributed by atoms with Crippen molar-refractivity contribution in [3.63, 3.8) is 0 Å². The average Bonchev–Trinajstić information content (AvgIpc) is 2.16. The minimum absolute atomic E-state index is 0.0389. The van der Waals surface area contributed by atoms with Gasteiger partial charge in [0.15, 0.2) is 0 Å². The van der Waals surface area contributed by atoms with E-state index in [9.17, 15) is 4.79 Å². The van der Waals surface area contributed by atoms with E-state index in [-0.39, 0.29) is 6.42 Å². The standard InChI is InChI=1S/C10H13NO3/c11-5-6-14-9-3-1-8(2-4-9)7-10(12)13/h1-4H,5-7,11H2,(H,12,13). The molecule has 0 saturated heterocycles. The fourth-order valence-corrected chi connectivity index (χ4v) is 1.05.